The molecule has 2 aromatic carbocycles. The van der Waals surface area contributed by atoms with Crippen LogP contribution in [-0.4, -0.2) is 13.1 Å². The average molecular weight is 311 g/mol. The summed E-state index contributed by atoms with van der Waals surface area (Å²) in [4.78, 5) is 4.41. The summed E-state index contributed by atoms with van der Waals surface area (Å²) in [5.41, 5.74) is 10.5. The summed E-state index contributed by atoms with van der Waals surface area (Å²) in [5.74, 6) is 0.904. The van der Waals surface area contributed by atoms with Crippen LogP contribution in [0.2, 0.25) is 0 Å². The molecule has 0 amide bonds. The van der Waals surface area contributed by atoms with Gasteiger partial charge in [-0.25, -0.2) is 4.99 Å². The molecule has 0 aliphatic rings. The Hall–Kier alpha value is -2.33. The number of methoxy groups -OCH3 is 1. The van der Waals surface area contributed by atoms with E-state index in [9.17, 15) is 0 Å². The Labute approximate surface area is 138 Å². The Kier molecular flexibility index (Phi) is 6.18. The summed E-state index contributed by atoms with van der Waals surface area (Å²) in [6.45, 7) is 5.49. The van der Waals surface area contributed by atoms with E-state index in [1.54, 1.807) is 7.11 Å². The Bertz CT molecular complexity index is 665. The van der Waals surface area contributed by atoms with Gasteiger partial charge in [0.1, 0.15) is 0 Å². The number of aliphatic imine (C=N–C) groups is 1. The molecular formula is C19H25N3O. The van der Waals surface area contributed by atoms with Crippen molar-refractivity contribution in [1.82, 2.24) is 0 Å². The first-order valence-electron chi connectivity index (χ1n) is 7.82. The zero-order chi connectivity index (χ0) is 16.7. The number of nitrogens with one attached hydrogen (secondary N) is 1. The van der Waals surface area contributed by atoms with Crippen LogP contribution in [0, 0.1) is 0 Å². The largest absolute Gasteiger partial charge is 0.380 e. The number of ether oxygens (including phenoxy) is 1. The molecule has 4 heteroatoms. The molecule has 0 heterocycles. The number of hydrogen-bond donors (Lipinski definition) is 2. The molecule has 0 aliphatic heterocycles. The van der Waals surface area contributed by atoms with E-state index in [0.717, 1.165) is 16.8 Å². The number of nitrogens with zero attached hydrogens (tertiary/aromatic N) is 1. The lowest BCUT2D eigenvalue weighted by Crippen LogP contribution is -2.22. The van der Waals surface area contributed by atoms with Crippen LogP contribution in [-0.2, 0) is 17.9 Å². The number of benzene rings is 2. The first-order chi connectivity index (χ1) is 11.1. The summed E-state index contributed by atoms with van der Waals surface area (Å²) in [5, 5.41) is 3.15. The Balaban J connectivity index is 2.00. The average Bonchev–Trinajstić information content (AvgIpc) is 2.54. The van der Waals surface area contributed by atoms with E-state index < -0.39 is 0 Å². The molecule has 3 N–H and O–H groups in total. The summed E-state index contributed by atoms with van der Waals surface area (Å²) in [7, 11) is 1.69. The smallest absolute Gasteiger partial charge is 0.193 e. The van der Waals surface area contributed by atoms with E-state index in [2.05, 4.69) is 42.4 Å². The number of guanidine groups is 1. The molecule has 0 fully saturated rings. The van der Waals surface area contributed by atoms with Crippen LogP contribution in [0.15, 0.2) is 53.5 Å². The lowest BCUT2D eigenvalue weighted by molar-refractivity contribution is 0.185. The van der Waals surface area contributed by atoms with Crippen LogP contribution in [0.25, 0.3) is 0 Å². The molecule has 0 spiro atoms. The van der Waals surface area contributed by atoms with Gasteiger partial charge in [-0.05, 0) is 34.7 Å². The minimum atomic E-state index is 0.419. The van der Waals surface area contributed by atoms with Crippen LogP contribution in [0.4, 0.5) is 5.69 Å². The van der Waals surface area contributed by atoms with Crippen molar-refractivity contribution in [2.24, 2.45) is 10.7 Å². The topological polar surface area (TPSA) is 59.6 Å². The minimum Gasteiger partial charge on any atom is -0.380 e. The van der Waals surface area contributed by atoms with Crippen molar-refractivity contribution in [3.05, 3.63) is 65.2 Å². The third kappa shape index (κ3) is 5.42. The van der Waals surface area contributed by atoms with Crippen molar-refractivity contribution >= 4 is 11.6 Å². The highest BCUT2D eigenvalue weighted by molar-refractivity contribution is 5.92. The van der Waals surface area contributed by atoms with Crippen molar-refractivity contribution in [3.63, 3.8) is 0 Å². The van der Waals surface area contributed by atoms with Gasteiger partial charge in [-0.3, -0.25) is 0 Å². The maximum atomic E-state index is 5.99. The SMILES string of the molecule is COCc1cccc(CN=C(N)Nc2cccc(C(C)C)c2)c1. The predicted molar refractivity (Wildman–Crippen MR) is 96.6 cm³/mol. The molecule has 0 bridgehead atoms. The molecule has 0 unspecified atom stereocenters. The minimum absolute atomic E-state index is 0.419. The second-order valence-electron chi connectivity index (χ2n) is 5.86. The summed E-state index contributed by atoms with van der Waals surface area (Å²) in [6, 6.07) is 16.4. The lowest BCUT2D eigenvalue weighted by atomic mass is 10.0. The fraction of sp³-hybridized carbons (Fsp3) is 0.316. The highest BCUT2D eigenvalue weighted by atomic mass is 16.5. The highest BCUT2D eigenvalue weighted by Crippen LogP contribution is 2.18. The van der Waals surface area contributed by atoms with Crippen molar-refractivity contribution in [1.29, 1.82) is 0 Å². The number of hydrogen-bond acceptors (Lipinski definition) is 2. The van der Waals surface area contributed by atoms with Gasteiger partial charge in [-0.1, -0.05) is 50.2 Å². The molecular weight excluding hydrogens is 286 g/mol. The fourth-order valence-electron chi connectivity index (χ4n) is 2.32. The number of nitrogens with two attached hydrogens (primary N) is 1. The zero-order valence-corrected chi connectivity index (χ0v) is 14.0. The molecule has 0 radical (unpaired) electrons. The maximum Gasteiger partial charge on any atom is 0.193 e. The van der Waals surface area contributed by atoms with Gasteiger partial charge in [0.2, 0.25) is 0 Å². The van der Waals surface area contributed by atoms with E-state index >= 15 is 0 Å². The Morgan fingerprint density at radius 2 is 1.87 bits per heavy atom. The van der Waals surface area contributed by atoms with E-state index in [1.807, 2.05) is 30.3 Å². The Morgan fingerprint density at radius 3 is 2.61 bits per heavy atom. The standard InChI is InChI=1S/C19H25N3O/c1-14(2)17-8-5-9-18(11-17)22-19(20)21-12-15-6-4-7-16(10-15)13-23-3/h4-11,14H,12-13H2,1-3H3,(H3,20,21,22). The zero-order valence-electron chi connectivity index (χ0n) is 14.0. The van der Waals surface area contributed by atoms with Gasteiger partial charge in [-0.2, -0.15) is 0 Å². The predicted octanol–water partition coefficient (Wildman–Crippen LogP) is 3.88. The summed E-state index contributed by atoms with van der Waals surface area (Å²) >= 11 is 0. The molecule has 0 aromatic heterocycles. The normalized spacial score (nSPS) is 11.7. The van der Waals surface area contributed by atoms with E-state index in [4.69, 9.17) is 10.5 Å². The van der Waals surface area contributed by atoms with Crippen molar-refractivity contribution in [3.8, 4) is 0 Å². The first kappa shape index (κ1) is 17.0. The third-order valence-electron chi connectivity index (χ3n) is 3.56. The molecule has 4 nitrogen and oxygen atoms in total. The molecule has 0 saturated heterocycles. The second kappa shape index (κ2) is 8.34. The van der Waals surface area contributed by atoms with Gasteiger partial charge in [0.15, 0.2) is 5.96 Å². The molecule has 2 aromatic rings. The van der Waals surface area contributed by atoms with Crippen LogP contribution < -0.4 is 11.1 Å². The van der Waals surface area contributed by atoms with Crippen molar-refractivity contribution in [2.75, 3.05) is 12.4 Å². The van der Waals surface area contributed by atoms with E-state index in [1.165, 1.54) is 5.56 Å². The molecule has 23 heavy (non-hydrogen) atoms. The van der Waals surface area contributed by atoms with Crippen molar-refractivity contribution in [2.45, 2.75) is 32.9 Å². The summed E-state index contributed by atoms with van der Waals surface area (Å²) in [6.07, 6.45) is 0. The molecule has 122 valence electrons. The van der Waals surface area contributed by atoms with Crippen LogP contribution in [0.5, 0.6) is 0 Å². The van der Waals surface area contributed by atoms with Crippen LogP contribution >= 0.6 is 0 Å². The van der Waals surface area contributed by atoms with Gasteiger partial charge in [-0.15, -0.1) is 0 Å². The fourth-order valence-corrected chi connectivity index (χ4v) is 2.32. The van der Waals surface area contributed by atoms with Gasteiger partial charge in [0.05, 0.1) is 13.2 Å². The third-order valence-corrected chi connectivity index (χ3v) is 3.56. The van der Waals surface area contributed by atoms with Gasteiger partial charge < -0.3 is 15.8 Å². The molecule has 0 atom stereocenters. The van der Waals surface area contributed by atoms with Crippen LogP contribution in [0.1, 0.15) is 36.5 Å². The molecule has 0 aliphatic carbocycles. The molecule has 2 rings (SSSR count). The monoisotopic (exact) mass is 311 g/mol. The summed E-state index contributed by atoms with van der Waals surface area (Å²) < 4.78 is 5.15. The quantitative estimate of drug-likeness (QED) is 0.628. The van der Waals surface area contributed by atoms with Gasteiger partial charge >= 0.3 is 0 Å². The van der Waals surface area contributed by atoms with Gasteiger partial charge in [0.25, 0.3) is 0 Å². The lowest BCUT2D eigenvalue weighted by Gasteiger charge is -2.10. The highest BCUT2D eigenvalue weighted by Gasteiger charge is 2.01. The number of anilines is 1. The second-order valence-corrected chi connectivity index (χ2v) is 5.86. The maximum absolute atomic E-state index is 5.99. The first-order valence-corrected chi connectivity index (χ1v) is 7.82. The van der Waals surface area contributed by atoms with E-state index in [-0.39, 0.29) is 0 Å². The number of rotatable bonds is 6. The van der Waals surface area contributed by atoms with E-state index in [0.29, 0.717) is 25.0 Å². The Morgan fingerprint density at radius 1 is 1.13 bits per heavy atom. The molecule has 0 saturated carbocycles. The van der Waals surface area contributed by atoms with Crippen LogP contribution in [0.3, 0.4) is 0 Å². The van der Waals surface area contributed by atoms with Crippen molar-refractivity contribution < 1.29 is 4.74 Å². The van der Waals surface area contributed by atoms with Gasteiger partial charge in [0, 0.05) is 12.8 Å².